The molecule has 0 aliphatic rings. The third kappa shape index (κ3) is 3.71. The number of nitrogens with one attached hydrogen (secondary N) is 1. The SMILES string of the molecule is COc1cccc([C@](O)(C(=O)Nc2cncc(-c3cncc4cccnc34)c2)c2ncco2)n1. The standard InChI is InChI=1S/C24H18N6O4/c1-33-20-6-2-5-19(30-20)24(32,23-28-8-9-34-23)22(31)29-17-10-16(12-25-13-17)18-14-26-11-15-4-3-7-27-21(15)18/h2-14,32H,1H3,(H,29,31)/t24-/m0/s1. The van der Waals surface area contributed by atoms with Gasteiger partial charge in [0.1, 0.15) is 6.26 Å². The highest BCUT2D eigenvalue weighted by atomic mass is 16.5. The average Bonchev–Trinajstić information content (AvgIpc) is 3.43. The first kappa shape index (κ1) is 21.2. The van der Waals surface area contributed by atoms with Gasteiger partial charge in [-0.2, -0.15) is 0 Å². The van der Waals surface area contributed by atoms with Crippen molar-refractivity contribution in [1.82, 2.24) is 24.9 Å². The molecule has 1 amide bonds. The molecule has 0 aliphatic heterocycles. The number of anilines is 1. The number of rotatable bonds is 6. The summed E-state index contributed by atoms with van der Waals surface area (Å²) in [4.78, 5) is 34.6. The first-order chi connectivity index (χ1) is 16.6. The van der Waals surface area contributed by atoms with E-state index in [1.54, 1.807) is 43.0 Å². The van der Waals surface area contributed by atoms with E-state index in [2.05, 4.69) is 30.2 Å². The molecule has 5 aromatic rings. The minimum absolute atomic E-state index is 0.0154. The van der Waals surface area contributed by atoms with Crippen LogP contribution in [0.25, 0.3) is 22.0 Å². The molecular formula is C24H18N6O4. The molecule has 0 fully saturated rings. The van der Waals surface area contributed by atoms with Gasteiger partial charge < -0.3 is 19.6 Å². The molecule has 0 bridgehead atoms. The monoisotopic (exact) mass is 454 g/mol. The Kier molecular flexibility index (Phi) is 5.40. The van der Waals surface area contributed by atoms with Gasteiger partial charge in [0.2, 0.25) is 11.8 Å². The maximum Gasteiger partial charge on any atom is 0.272 e. The Bertz CT molecular complexity index is 1470. The number of pyridine rings is 4. The molecule has 5 heterocycles. The van der Waals surface area contributed by atoms with E-state index in [1.165, 1.54) is 31.8 Å². The number of methoxy groups -OCH3 is 1. The van der Waals surface area contributed by atoms with Gasteiger partial charge in [-0.1, -0.05) is 6.07 Å². The van der Waals surface area contributed by atoms with Crippen molar-refractivity contribution in [2.24, 2.45) is 0 Å². The quantitative estimate of drug-likeness (QED) is 0.397. The van der Waals surface area contributed by atoms with Crippen LogP contribution < -0.4 is 10.1 Å². The Balaban J connectivity index is 1.53. The van der Waals surface area contributed by atoms with Gasteiger partial charge in [-0.05, 0) is 24.3 Å². The van der Waals surface area contributed by atoms with Crippen molar-refractivity contribution in [2.75, 3.05) is 12.4 Å². The summed E-state index contributed by atoms with van der Waals surface area (Å²) >= 11 is 0. The Morgan fingerprint density at radius 1 is 1.06 bits per heavy atom. The van der Waals surface area contributed by atoms with Crippen LogP contribution in [0, 0.1) is 0 Å². The van der Waals surface area contributed by atoms with E-state index in [-0.39, 0.29) is 17.5 Å². The van der Waals surface area contributed by atoms with Crippen molar-refractivity contribution < 1.29 is 19.1 Å². The number of carbonyl (C=O) groups excluding carboxylic acids is 1. The zero-order valence-corrected chi connectivity index (χ0v) is 17.9. The average molecular weight is 454 g/mol. The number of ether oxygens (including phenoxy) is 1. The summed E-state index contributed by atoms with van der Waals surface area (Å²) in [7, 11) is 1.44. The third-order valence-electron chi connectivity index (χ3n) is 5.19. The molecule has 1 atom stereocenters. The topological polar surface area (TPSA) is 136 Å². The van der Waals surface area contributed by atoms with Crippen LogP contribution in [0.15, 0.2) is 84.3 Å². The fraction of sp³-hybridized carbons (Fsp3) is 0.0833. The number of amides is 1. The normalized spacial score (nSPS) is 12.8. The van der Waals surface area contributed by atoms with Crippen molar-refractivity contribution in [3.63, 3.8) is 0 Å². The molecule has 0 aliphatic carbocycles. The van der Waals surface area contributed by atoms with E-state index in [9.17, 15) is 9.90 Å². The van der Waals surface area contributed by atoms with Crippen LogP contribution in [-0.4, -0.2) is 43.0 Å². The molecule has 0 spiro atoms. The number of carbonyl (C=O) groups is 1. The molecule has 10 heteroatoms. The Morgan fingerprint density at radius 3 is 2.76 bits per heavy atom. The van der Waals surface area contributed by atoms with Gasteiger partial charge >= 0.3 is 0 Å². The highest BCUT2D eigenvalue weighted by molar-refractivity contribution is 6.00. The fourth-order valence-corrected chi connectivity index (χ4v) is 3.54. The number of hydrogen-bond donors (Lipinski definition) is 2. The van der Waals surface area contributed by atoms with Crippen LogP contribution in [0.5, 0.6) is 5.88 Å². The molecular weight excluding hydrogens is 436 g/mol. The zero-order valence-electron chi connectivity index (χ0n) is 17.9. The maximum absolute atomic E-state index is 13.4. The summed E-state index contributed by atoms with van der Waals surface area (Å²) in [5, 5.41) is 15.1. The number of fused-ring (bicyclic) bond motifs is 1. The van der Waals surface area contributed by atoms with Gasteiger partial charge in [0.05, 0.1) is 36.4 Å². The lowest BCUT2D eigenvalue weighted by molar-refractivity contribution is -0.133. The third-order valence-corrected chi connectivity index (χ3v) is 5.19. The first-order valence-corrected chi connectivity index (χ1v) is 10.2. The molecule has 2 N–H and O–H groups in total. The number of oxazole rings is 1. The Hall–Kier alpha value is -4.70. The van der Waals surface area contributed by atoms with Crippen molar-refractivity contribution in [3.05, 3.63) is 91.4 Å². The van der Waals surface area contributed by atoms with E-state index in [0.717, 1.165) is 16.5 Å². The second kappa shape index (κ2) is 8.68. The number of nitrogens with zero attached hydrogens (tertiary/aromatic N) is 5. The zero-order chi connectivity index (χ0) is 23.5. The lowest BCUT2D eigenvalue weighted by Crippen LogP contribution is -2.42. The van der Waals surface area contributed by atoms with E-state index < -0.39 is 11.5 Å². The summed E-state index contributed by atoms with van der Waals surface area (Å²) < 4.78 is 10.4. The van der Waals surface area contributed by atoms with Crippen LogP contribution in [0.3, 0.4) is 0 Å². The molecule has 0 saturated carbocycles. The predicted molar refractivity (Wildman–Crippen MR) is 122 cm³/mol. The van der Waals surface area contributed by atoms with E-state index in [1.807, 2.05) is 12.1 Å². The highest BCUT2D eigenvalue weighted by Gasteiger charge is 2.46. The predicted octanol–water partition coefficient (Wildman–Crippen LogP) is 2.96. The molecule has 34 heavy (non-hydrogen) atoms. The van der Waals surface area contributed by atoms with Crippen molar-refractivity contribution >= 4 is 22.5 Å². The van der Waals surface area contributed by atoms with Gasteiger partial charge in [0.25, 0.3) is 11.5 Å². The van der Waals surface area contributed by atoms with Gasteiger partial charge in [-0.15, -0.1) is 0 Å². The fourth-order valence-electron chi connectivity index (χ4n) is 3.54. The second-order valence-electron chi connectivity index (χ2n) is 7.29. The van der Waals surface area contributed by atoms with E-state index >= 15 is 0 Å². The van der Waals surface area contributed by atoms with Gasteiger partial charge in [-0.25, -0.2) is 9.97 Å². The smallest absolute Gasteiger partial charge is 0.272 e. The summed E-state index contributed by atoms with van der Waals surface area (Å²) in [5.74, 6) is -0.851. The summed E-state index contributed by atoms with van der Waals surface area (Å²) in [5.41, 5.74) is 0.186. The molecule has 0 aromatic carbocycles. The molecule has 0 saturated heterocycles. The molecule has 5 rings (SSSR count). The summed E-state index contributed by atoms with van der Waals surface area (Å²) in [6.45, 7) is 0. The minimum atomic E-state index is -2.32. The van der Waals surface area contributed by atoms with Crippen molar-refractivity contribution in [3.8, 4) is 17.0 Å². The van der Waals surface area contributed by atoms with Gasteiger partial charge in [0, 0.05) is 47.4 Å². The molecule has 0 radical (unpaired) electrons. The molecule has 0 unspecified atom stereocenters. The van der Waals surface area contributed by atoms with Crippen molar-refractivity contribution in [2.45, 2.75) is 5.60 Å². The van der Waals surface area contributed by atoms with E-state index in [4.69, 9.17) is 9.15 Å². The largest absolute Gasteiger partial charge is 0.481 e. The Labute approximate surface area is 193 Å². The van der Waals surface area contributed by atoms with Crippen LogP contribution in [0.2, 0.25) is 0 Å². The summed E-state index contributed by atoms with van der Waals surface area (Å²) in [6, 6.07) is 10.1. The highest BCUT2D eigenvalue weighted by Crippen LogP contribution is 2.31. The second-order valence-corrected chi connectivity index (χ2v) is 7.29. The molecule has 10 nitrogen and oxygen atoms in total. The summed E-state index contributed by atoms with van der Waals surface area (Å²) in [6.07, 6.45) is 10.8. The maximum atomic E-state index is 13.4. The number of aromatic nitrogens is 5. The minimum Gasteiger partial charge on any atom is -0.481 e. The number of hydrogen-bond acceptors (Lipinski definition) is 9. The van der Waals surface area contributed by atoms with Crippen LogP contribution in [0.1, 0.15) is 11.6 Å². The van der Waals surface area contributed by atoms with Gasteiger partial charge in [0.15, 0.2) is 0 Å². The van der Waals surface area contributed by atoms with Crippen LogP contribution >= 0.6 is 0 Å². The number of aliphatic hydroxyl groups is 1. The lowest BCUT2D eigenvalue weighted by Gasteiger charge is -2.23. The molecule has 5 aromatic heterocycles. The van der Waals surface area contributed by atoms with E-state index in [0.29, 0.717) is 11.3 Å². The lowest BCUT2D eigenvalue weighted by atomic mass is 9.97. The van der Waals surface area contributed by atoms with Crippen molar-refractivity contribution in [1.29, 1.82) is 0 Å². The van der Waals surface area contributed by atoms with Crippen LogP contribution in [0.4, 0.5) is 5.69 Å². The van der Waals surface area contributed by atoms with Gasteiger partial charge in [-0.3, -0.25) is 19.7 Å². The van der Waals surface area contributed by atoms with Crippen LogP contribution in [-0.2, 0) is 10.4 Å². The first-order valence-electron chi connectivity index (χ1n) is 10.2. The molecule has 168 valence electrons. The Morgan fingerprint density at radius 2 is 1.94 bits per heavy atom.